The average Bonchev–Trinajstić information content (AvgIpc) is 3.70. The van der Waals surface area contributed by atoms with Gasteiger partial charge in [-0.05, 0) is 13.8 Å². The van der Waals surface area contributed by atoms with Crippen molar-refractivity contribution in [2.75, 3.05) is 51.5 Å². The standard InChI is InChI=1S/C9H12N2O3.C7H8N2O2.C5H7BrO3.C4H8N2O.CH2O3.2K.H/c1-2-14-9(12)7-5-11-3-4-13-6-8(11)10-7;10-4-6-3-9-1-2-11-5-7(9)8-6;1-2-9-5(8)4(7)3-6;5-4-3-7-2-1-6-4;2-1-4-3;;;/h5H,2-4,6H2,1H3;3-4H,1-2,5H2;2-3H2,1H3;1-3H2,(H2,5,6);1,3H;;;/q;;;;;2*+1;-1/p-1. The van der Waals surface area contributed by atoms with E-state index < -0.39 is 11.8 Å². The van der Waals surface area contributed by atoms with E-state index in [2.05, 4.69) is 40.5 Å². The fraction of sp³-hybridized carbons (Fsp3) is 0.538. The molecule has 0 atom stereocenters. The van der Waals surface area contributed by atoms with E-state index in [0.717, 1.165) is 44.2 Å². The first-order valence-corrected chi connectivity index (χ1v) is 14.6. The average molecular weight is 784 g/mol. The number of halogens is 1. The predicted octanol–water partition coefficient (Wildman–Crippen LogP) is -6.74. The Labute approximate surface area is 366 Å². The zero-order valence-electron chi connectivity index (χ0n) is 27.9. The van der Waals surface area contributed by atoms with Crippen LogP contribution >= 0.6 is 15.9 Å². The van der Waals surface area contributed by atoms with Gasteiger partial charge in [0.2, 0.25) is 5.78 Å². The Balaban J connectivity index is -0.000000544. The molecule has 3 aliphatic rings. The fourth-order valence-electron chi connectivity index (χ4n) is 3.30. The van der Waals surface area contributed by atoms with E-state index >= 15 is 0 Å². The van der Waals surface area contributed by atoms with Crippen LogP contribution in [0.15, 0.2) is 17.4 Å². The van der Waals surface area contributed by atoms with Crippen LogP contribution in [0.5, 0.6) is 0 Å². The SMILES string of the molecule is CCOC(=O)C(=O)CBr.CCOC(=O)c1cn2c(n1)COCC2.NC1=NCCOC1.O=CO[O-].O=Cc1cn2c(n1)COCC2.[H-].[K+].[K+]. The number of Topliss-reactive ketones (excluding diaryl/α,β-unsaturated/α-hetero) is 1. The Bertz CT molecular complexity index is 1220. The van der Waals surface area contributed by atoms with Crippen LogP contribution < -0.4 is 114 Å². The summed E-state index contributed by atoms with van der Waals surface area (Å²) < 4.78 is 28.4. The number of nitrogens with two attached hydrogens (primary N) is 1. The molecule has 2 N–H and O–H groups in total. The molecule has 5 heterocycles. The van der Waals surface area contributed by atoms with Crippen LogP contribution in [0.4, 0.5) is 0 Å². The molecule has 0 bridgehead atoms. The molecule has 18 nitrogen and oxygen atoms in total. The number of ether oxygens (including phenoxy) is 5. The molecule has 0 fully saturated rings. The number of rotatable bonds is 7. The van der Waals surface area contributed by atoms with Gasteiger partial charge in [-0.15, -0.1) is 0 Å². The first kappa shape index (κ1) is 48.3. The molecule has 0 spiro atoms. The summed E-state index contributed by atoms with van der Waals surface area (Å²) in [4.78, 5) is 65.7. The van der Waals surface area contributed by atoms with Crippen molar-refractivity contribution in [3.05, 3.63) is 35.4 Å². The Morgan fingerprint density at radius 1 is 0.957 bits per heavy atom. The number of ketones is 1. The molecule has 0 radical (unpaired) electrons. The topological polar surface area (TPSA) is 238 Å². The smallest absolute Gasteiger partial charge is 1.00 e. The third-order valence-corrected chi connectivity index (χ3v) is 5.73. The summed E-state index contributed by atoms with van der Waals surface area (Å²) in [7, 11) is 0. The fourth-order valence-corrected chi connectivity index (χ4v) is 3.53. The Morgan fingerprint density at radius 2 is 1.51 bits per heavy atom. The molecule has 0 amide bonds. The van der Waals surface area contributed by atoms with E-state index in [1.165, 1.54) is 0 Å². The number of carbonyl (C=O) groups is 5. The number of aromatic nitrogens is 4. The Kier molecular flexibility index (Phi) is 31.0. The molecule has 5 rings (SSSR count). The molecule has 2 aromatic rings. The number of hydrogen-bond acceptors (Lipinski definition) is 16. The number of amidine groups is 1. The normalized spacial score (nSPS) is 13.5. The van der Waals surface area contributed by atoms with Crippen LogP contribution in [-0.4, -0.2) is 107 Å². The molecular weight excluding hydrogens is 746 g/mol. The largest absolute Gasteiger partial charge is 1.00 e. The van der Waals surface area contributed by atoms with Gasteiger partial charge in [0, 0.05) is 25.5 Å². The van der Waals surface area contributed by atoms with Gasteiger partial charge in [-0.3, -0.25) is 19.4 Å². The summed E-state index contributed by atoms with van der Waals surface area (Å²) in [5, 5.41) is 8.46. The van der Waals surface area contributed by atoms with Crippen molar-refractivity contribution < 1.29 is 162 Å². The first-order chi connectivity index (χ1) is 21.7. The monoisotopic (exact) mass is 782 g/mol. The molecule has 47 heavy (non-hydrogen) atoms. The number of alkyl halides is 1. The number of aldehydes is 1. The number of nitrogens with zero attached hydrogens (tertiary/aromatic N) is 5. The number of hydrogen-bond donors (Lipinski definition) is 1. The van der Waals surface area contributed by atoms with Crippen molar-refractivity contribution in [2.45, 2.75) is 40.2 Å². The second-order valence-corrected chi connectivity index (χ2v) is 8.91. The maximum Gasteiger partial charge on any atom is 1.00 e. The third-order valence-electron chi connectivity index (χ3n) is 5.22. The minimum Gasteiger partial charge on any atom is -1.00 e. The van der Waals surface area contributed by atoms with Gasteiger partial charge in [0.15, 0.2) is 12.0 Å². The minimum atomic E-state index is -0.769. The van der Waals surface area contributed by atoms with Gasteiger partial charge < -0.3 is 50.1 Å². The second kappa shape index (κ2) is 30.1. The number of esters is 2. The number of carbonyl (C=O) groups excluding carboxylic acids is 5. The van der Waals surface area contributed by atoms with Crippen LogP contribution in [0, 0.1) is 0 Å². The molecule has 0 saturated carbocycles. The molecular formula is C26H37BrK2N6O12. The maximum atomic E-state index is 11.3. The predicted molar refractivity (Wildman–Crippen MR) is 156 cm³/mol. The van der Waals surface area contributed by atoms with Gasteiger partial charge in [0.05, 0.1) is 44.9 Å². The second-order valence-electron chi connectivity index (χ2n) is 8.35. The number of aliphatic imine (C=N–C) groups is 1. The maximum absolute atomic E-state index is 11.3. The zero-order valence-corrected chi connectivity index (χ0v) is 34.7. The summed E-state index contributed by atoms with van der Waals surface area (Å²) in [6, 6.07) is 0. The van der Waals surface area contributed by atoms with Crippen molar-refractivity contribution in [1.82, 2.24) is 19.1 Å². The van der Waals surface area contributed by atoms with Gasteiger partial charge in [0.1, 0.15) is 43.0 Å². The molecule has 0 saturated heterocycles. The van der Waals surface area contributed by atoms with Gasteiger partial charge >= 0.3 is 115 Å². The van der Waals surface area contributed by atoms with E-state index in [9.17, 15) is 19.2 Å². The minimum absolute atomic E-state index is 0. The molecule has 0 aliphatic carbocycles. The summed E-state index contributed by atoms with van der Waals surface area (Å²) in [5.74, 6) is 0.574. The van der Waals surface area contributed by atoms with Gasteiger partial charge in [0.25, 0.3) is 6.47 Å². The van der Waals surface area contributed by atoms with Crippen LogP contribution in [-0.2, 0) is 69.3 Å². The third kappa shape index (κ3) is 20.5. The zero-order chi connectivity index (χ0) is 33.5. The Morgan fingerprint density at radius 3 is 1.91 bits per heavy atom. The molecule has 21 heteroatoms. The van der Waals surface area contributed by atoms with Crippen molar-refractivity contribution in [2.24, 2.45) is 10.7 Å². The summed E-state index contributed by atoms with van der Waals surface area (Å²) in [6.45, 7) is 9.76. The van der Waals surface area contributed by atoms with Crippen LogP contribution in [0.1, 0.15) is 47.9 Å². The quantitative estimate of drug-likeness (QED) is 0.0523. The van der Waals surface area contributed by atoms with Crippen LogP contribution in [0.25, 0.3) is 0 Å². The van der Waals surface area contributed by atoms with E-state index in [1.807, 2.05) is 9.13 Å². The summed E-state index contributed by atoms with van der Waals surface area (Å²) >= 11 is 2.83. The van der Waals surface area contributed by atoms with Crippen molar-refractivity contribution in [1.29, 1.82) is 0 Å². The molecule has 0 aromatic carbocycles. The van der Waals surface area contributed by atoms with Gasteiger partial charge in [-0.2, -0.15) is 0 Å². The summed E-state index contributed by atoms with van der Waals surface area (Å²) in [5.41, 5.74) is 6.12. The molecule has 0 unspecified atom stereocenters. The van der Waals surface area contributed by atoms with E-state index in [4.69, 9.17) is 34.7 Å². The van der Waals surface area contributed by atoms with Crippen molar-refractivity contribution >= 4 is 52.2 Å². The van der Waals surface area contributed by atoms with Crippen LogP contribution in [0.3, 0.4) is 0 Å². The summed E-state index contributed by atoms with van der Waals surface area (Å²) in [6.07, 6.45) is 4.23. The number of fused-ring (bicyclic) bond motifs is 2. The first-order valence-electron chi connectivity index (χ1n) is 13.5. The Hall–Kier alpha value is -0.767. The molecule has 252 valence electrons. The van der Waals surface area contributed by atoms with E-state index in [0.29, 0.717) is 56.9 Å². The number of imidazole rings is 2. The van der Waals surface area contributed by atoms with E-state index in [-0.39, 0.29) is 129 Å². The van der Waals surface area contributed by atoms with Gasteiger partial charge in [-0.1, -0.05) is 15.9 Å². The van der Waals surface area contributed by atoms with Gasteiger partial charge in [-0.25, -0.2) is 19.6 Å². The van der Waals surface area contributed by atoms with Crippen molar-refractivity contribution in [3.8, 4) is 0 Å². The van der Waals surface area contributed by atoms with Crippen molar-refractivity contribution in [3.63, 3.8) is 0 Å². The van der Waals surface area contributed by atoms with E-state index in [1.54, 1.807) is 26.2 Å². The van der Waals surface area contributed by atoms with Crippen LogP contribution in [0.2, 0.25) is 0 Å². The molecule has 3 aliphatic heterocycles. The molecule has 2 aromatic heterocycles.